The maximum Gasteiger partial charge on any atom is 0.256 e. The van der Waals surface area contributed by atoms with Crippen LogP contribution < -0.4 is 10.1 Å². The third-order valence-electron chi connectivity index (χ3n) is 3.61. The third kappa shape index (κ3) is 2.39. The van der Waals surface area contributed by atoms with Crippen LogP contribution in [0.2, 0.25) is 0 Å². The fourth-order valence-electron chi connectivity index (χ4n) is 2.50. The molecule has 0 spiro atoms. The molecule has 4 heteroatoms. The van der Waals surface area contributed by atoms with Gasteiger partial charge in [-0.25, -0.2) is 0 Å². The lowest BCUT2D eigenvalue weighted by atomic mass is 10.0. The third-order valence-corrected chi connectivity index (χ3v) is 3.61. The fourth-order valence-corrected chi connectivity index (χ4v) is 2.50. The number of allylic oxidation sites excluding steroid dienone is 1. The minimum Gasteiger partial charge on any atom is -0.496 e. The van der Waals surface area contributed by atoms with Gasteiger partial charge in [-0.1, -0.05) is 23.8 Å². The maximum atomic E-state index is 12.5. The smallest absolute Gasteiger partial charge is 0.256 e. The molecule has 1 N–H and O–H groups in total. The van der Waals surface area contributed by atoms with Gasteiger partial charge in [0.05, 0.1) is 18.2 Å². The molecule has 1 amide bonds. The number of methoxy groups -OCH3 is 1. The van der Waals surface area contributed by atoms with Gasteiger partial charge in [-0.3, -0.25) is 9.59 Å². The van der Waals surface area contributed by atoms with Crippen LogP contribution in [0, 0.1) is 6.92 Å². The number of amides is 1. The van der Waals surface area contributed by atoms with E-state index in [1.807, 2.05) is 25.1 Å². The molecule has 1 aliphatic heterocycles. The molecule has 2 aromatic carbocycles. The highest BCUT2D eigenvalue weighted by atomic mass is 16.5. The molecule has 3 rings (SSSR count). The number of ketones is 1. The molecule has 0 radical (unpaired) electrons. The molecule has 1 heterocycles. The first-order valence-electron chi connectivity index (χ1n) is 6.91. The fraction of sp³-hybridized carbons (Fsp3) is 0.111. The summed E-state index contributed by atoms with van der Waals surface area (Å²) in [5.74, 6) is -0.0203. The van der Waals surface area contributed by atoms with E-state index in [0.29, 0.717) is 16.9 Å². The minimum atomic E-state index is -0.260. The van der Waals surface area contributed by atoms with E-state index in [1.54, 1.807) is 24.3 Å². The number of hydrogen-bond acceptors (Lipinski definition) is 3. The van der Waals surface area contributed by atoms with Crippen LogP contribution in [0.3, 0.4) is 0 Å². The normalized spacial score (nSPS) is 14.6. The Balaban J connectivity index is 2.04. The summed E-state index contributed by atoms with van der Waals surface area (Å²) in [5, 5.41) is 2.77. The van der Waals surface area contributed by atoms with Crippen LogP contribution in [0.4, 0.5) is 5.69 Å². The zero-order valence-electron chi connectivity index (χ0n) is 12.3. The topological polar surface area (TPSA) is 55.4 Å². The molecule has 4 nitrogen and oxygen atoms in total. The van der Waals surface area contributed by atoms with E-state index in [2.05, 4.69) is 5.32 Å². The van der Waals surface area contributed by atoms with Crippen LogP contribution in [0.15, 0.2) is 48.5 Å². The van der Waals surface area contributed by atoms with Crippen molar-refractivity contribution in [2.24, 2.45) is 0 Å². The summed E-state index contributed by atoms with van der Waals surface area (Å²) in [6, 6.07) is 12.6. The summed E-state index contributed by atoms with van der Waals surface area (Å²) in [6.45, 7) is 1.95. The average molecular weight is 293 g/mol. The highest BCUT2D eigenvalue weighted by Crippen LogP contribution is 2.33. The van der Waals surface area contributed by atoms with Crippen molar-refractivity contribution in [2.45, 2.75) is 6.92 Å². The average Bonchev–Trinajstić information content (AvgIpc) is 2.83. The second-order valence-corrected chi connectivity index (χ2v) is 5.13. The van der Waals surface area contributed by atoms with Gasteiger partial charge in [0.15, 0.2) is 5.78 Å². The van der Waals surface area contributed by atoms with Crippen molar-refractivity contribution in [3.63, 3.8) is 0 Å². The van der Waals surface area contributed by atoms with Gasteiger partial charge in [-0.05, 0) is 37.3 Å². The van der Waals surface area contributed by atoms with Crippen molar-refractivity contribution < 1.29 is 14.3 Å². The largest absolute Gasteiger partial charge is 0.496 e. The van der Waals surface area contributed by atoms with Gasteiger partial charge in [-0.2, -0.15) is 0 Å². The zero-order valence-corrected chi connectivity index (χ0v) is 12.3. The van der Waals surface area contributed by atoms with Crippen LogP contribution in [0.25, 0.3) is 5.57 Å². The number of carbonyl (C=O) groups excluding carboxylic acids is 2. The number of fused-ring (bicyclic) bond motifs is 1. The number of para-hydroxylation sites is 1. The lowest BCUT2D eigenvalue weighted by molar-refractivity contribution is -0.110. The molecular weight excluding hydrogens is 278 g/mol. The Morgan fingerprint density at radius 3 is 2.73 bits per heavy atom. The van der Waals surface area contributed by atoms with Gasteiger partial charge < -0.3 is 10.1 Å². The Hall–Kier alpha value is -2.88. The summed E-state index contributed by atoms with van der Waals surface area (Å²) in [5.41, 5.74) is 3.34. The summed E-state index contributed by atoms with van der Waals surface area (Å²) in [7, 11) is 1.51. The van der Waals surface area contributed by atoms with Gasteiger partial charge in [0, 0.05) is 11.3 Å². The number of benzene rings is 2. The molecule has 0 unspecified atom stereocenters. The molecule has 0 fully saturated rings. The number of anilines is 1. The quantitative estimate of drug-likeness (QED) is 0.698. The molecule has 1 aliphatic rings. The van der Waals surface area contributed by atoms with E-state index >= 15 is 0 Å². The standard InChI is InChI=1S/C18H15NO3/c1-11-7-8-15-13(9-11)14(18(21)19-15)10-16(20)12-5-3-4-6-17(12)22-2/h3-10H,1-2H3,(H,19,21)/b14-10+. The van der Waals surface area contributed by atoms with Crippen molar-refractivity contribution in [2.75, 3.05) is 12.4 Å². The maximum absolute atomic E-state index is 12.5. The minimum absolute atomic E-state index is 0.253. The van der Waals surface area contributed by atoms with Gasteiger partial charge in [-0.15, -0.1) is 0 Å². The monoisotopic (exact) mass is 293 g/mol. The van der Waals surface area contributed by atoms with Crippen LogP contribution >= 0.6 is 0 Å². The highest BCUT2D eigenvalue weighted by molar-refractivity contribution is 6.35. The van der Waals surface area contributed by atoms with Crippen LogP contribution in [-0.4, -0.2) is 18.8 Å². The summed E-state index contributed by atoms with van der Waals surface area (Å²) < 4.78 is 5.20. The lowest BCUT2D eigenvalue weighted by Gasteiger charge is -2.05. The van der Waals surface area contributed by atoms with Gasteiger partial charge in [0.25, 0.3) is 5.91 Å². The Morgan fingerprint density at radius 1 is 1.18 bits per heavy atom. The van der Waals surface area contributed by atoms with E-state index in [-0.39, 0.29) is 11.7 Å². The lowest BCUT2D eigenvalue weighted by Crippen LogP contribution is -2.06. The molecule has 22 heavy (non-hydrogen) atoms. The molecule has 0 aromatic heterocycles. The number of hydrogen-bond donors (Lipinski definition) is 1. The van der Waals surface area contributed by atoms with E-state index in [4.69, 9.17) is 4.74 Å². The Bertz CT molecular complexity index is 806. The predicted molar refractivity (Wildman–Crippen MR) is 85.1 cm³/mol. The molecule has 0 saturated heterocycles. The van der Waals surface area contributed by atoms with E-state index in [9.17, 15) is 9.59 Å². The Morgan fingerprint density at radius 2 is 1.95 bits per heavy atom. The van der Waals surface area contributed by atoms with E-state index in [0.717, 1.165) is 16.8 Å². The Labute approximate surface area is 128 Å². The van der Waals surface area contributed by atoms with Crippen molar-refractivity contribution in [3.8, 4) is 5.75 Å². The van der Waals surface area contributed by atoms with Crippen LogP contribution in [-0.2, 0) is 4.79 Å². The number of carbonyl (C=O) groups is 2. The predicted octanol–water partition coefficient (Wildman–Crippen LogP) is 3.22. The molecule has 110 valence electrons. The Kier molecular flexibility index (Phi) is 3.51. The summed E-state index contributed by atoms with van der Waals surface area (Å²) >= 11 is 0. The van der Waals surface area contributed by atoms with Crippen molar-refractivity contribution in [3.05, 3.63) is 65.2 Å². The highest BCUT2D eigenvalue weighted by Gasteiger charge is 2.25. The van der Waals surface area contributed by atoms with Crippen molar-refractivity contribution in [1.82, 2.24) is 0 Å². The van der Waals surface area contributed by atoms with Gasteiger partial charge >= 0.3 is 0 Å². The SMILES string of the molecule is COc1ccccc1C(=O)/C=C1/C(=O)Nc2ccc(C)cc21. The first-order valence-corrected chi connectivity index (χ1v) is 6.91. The number of rotatable bonds is 3. The van der Waals surface area contributed by atoms with Crippen molar-refractivity contribution in [1.29, 1.82) is 0 Å². The summed E-state index contributed by atoms with van der Waals surface area (Å²) in [6.07, 6.45) is 1.37. The molecule has 0 aliphatic carbocycles. The van der Waals surface area contributed by atoms with Crippen LogP contribution in [0.1, 0.15) is 21.5 Å². The first kappa shape index (κ1) is 14.1. The molecule has 0 saturated carbocycles. The van der Waals surface area contributed by atoms with E-state index < -0.39 is 0 Å². The van der Waals surface area contributed by atoms with E-state index in [1.165, 1.54) is 13.2 Å². The number of ether oxygens (including phenoxy) is 1. The van der Waals surface area contributed by atoms with Gasteiger partial charge in [0.1, 0.15) is 5.75 Å². The molecule has 0 atom stereocenters. The van der Waals surface area contributed by atoms with Gasteiger partial charge in [0.2, 0.25) is 0 Å². The second kappa shape index (κ2) is 5.48. The number of nitrogens with one attached hydrogen (secondary N) is 1. The zero-order chi connectivity index (χ0) is 15.7. The molecule has 2 aromatic rings. The van der Waals surface area contributed by atoms with Crippen molar-refractivity contribution >= 4 is 23.0 Å². The second-order valence-electron chi connectivity index (χ2n) is 5.13. The molecule has 0 bridgehead atoms. The molecular formula is C18H15NO3. The van der Waals surface area contributed by atoms with Crippen LogP contribution in [0.5, 0.6) is 5.75 Å². The number of aryl methyl sites for hydroxylation is 1. The summed E-state index contributed by atoms with van der Waals surface area (Å²) in [4.78, 5) is 24.6. The first-order chi connectivity index (χ1) is 10.6.